The third-order valence-electron chi connectivity index (χ3n) is 1.27. The lowest BCUT2D eigenvalue weighted by Crippen LogP contribution is -2.27. The predicted molar refractivity (Wildman–Crippen MR) is 37.5 cm³/mol. The third kappa shape index (κ3) is 2.29. The summed E-state index contributed by atoms with van der Waals surface area (Å²) in [7, 11) is 0. The molecule has 0 aromatic carbocycles. The highest BCUT2D eigenvalue weighted by Gasteiger charge is 2.17. The van der Waals surface area contributed by atoms with Crippen molar-refractivity contribution in [1.29, 1.82) is 0 Å². The standard InChI is InChI=1S/C7H12O3/c1-4(5(2)8)7(10)6(3)9/h6-7,9-10H,1H2,2-3H3/t6-,7+/m1/s1. The van der Waals surface area contributed by atoms with Crippen LogP contribution in [0.3, 0.4) is 0 Å². The van der Waals surface area contributed by atoms with Gasteiger partial charge in [-0.3, -0.25) is 4.79 Å². The van der Waals surface area contributed by atoms with Crippen LogP contribution in [0, 0.1) is 0 Å². The number of Topliss-reactive ketones (excluding diaryl/α,β-unsaturated/α-hetero) is 1. The van der Waals surface area contributed by atoms with E-state index in [4.69, 9.17) is 10.2 Å². The molecule has 0 heterocycles. The Morgan fingerprint density at radius 1 is 1.50 bits per heavy atom. The topological polar surface area (TPSA) is 57.5 Å². The lowest BCUT2D eigenvalue weighted by molar-refractivity contribution is -0.115. The minimum atomic E-state index is -1.13. The van der Waals surface area contributed by atoms with Gasteiger partial charge in [0.05, 0.1) is 6.10 Å². The van der Waals surface area contributed by atoms with Crippen molar-refractivity contribution in [3.8, 4) is 0 Å². The minimum Gasteiger partial charge on any atom is -0.390 e. The van der Waals surface area contributed by atoms with Crippen LogP contribution in [-0.4, -0.2) is 28.2 Å². The van der Waals surface area contributed by atoms with E-state index in [9.17, 15) is 4.79 Å². The molecule has 0 saturated heterocycles. The van der Waals surface area contributed by atoms with Crippen molar-refractivity contribution >= 4 is 5.78 Å². The first kappa shape index (κ1) is 9.33. The summed E-state index contributed by atoms with van der Waals surface area (Å²) in [6, 6.07) is 0. The quantitative estimate of drug-likeness (QED) is 0.542. The van der Waals surface area contributed by atoms with E-state index < -0.39 is 12.2 Å². The SMILES string of the molecule is C=C(C(C)=O)[C@H](O)[C@@H](C)O. The molecule has 0 aliphatic carbocycles. The summed E-state index contributed by atoms with van der Waals surface area (Å²) in [6.07, 6.45) is -2.06. The highest BCUT2D eigenvalue weighted by atomic mass is 16.3. The summed E-state index contributed by atoms with van der Waals surface area (Å²) in [4.78, 5) is 10.5. The van der Waals surface area contributed by atoms with Gasteiger partial charge in [-0.05, 0) is 13.8 Å². The van der Waals surface area contributed by atoms with Crippen molar-refractivity contribution in [1.82, 2.24) is 0 Å². The summed E-state index contributed by atoms with van der Waals surface area (Å²) in [5, 5.41) is 17.8. The largest absolute Gasteiger partial charge is 0.390 e. The molecule has 0 aliphatic heterocycles. The number of hydrogen-bond acceptors (Lipinski definition) is 3. The zero-order chi connectivity index (χ0) is 8.31. The molecule has 0 bridgehead atoms. The van der Waals surface area contributed by atoms with Gasteiger partial charge in [0, 0.05) is 5.57 Å². The zero-order valence-electron chi connectivity index (χ0n) is 6.16. The molecular formula is C7H12O3. The summed E-state index contributed by atoms with van der Waals surface area (Å²) < 4.78 is 0. The molecule has 10 heavy (non-hydrogen) atoms. The number of aliphatic hydroxyl groups excluding tert-OH is 2. The average molecular weight is 144 g/mol. The van der Waals surface area contributed by atoms with E-state index in [1.807, 2.05) is 0 Å². The monoisotopic (exact) mass is 144 g/mol. The van der Waals surface area contributed by atoms with Gasteiger partial charge in [-0.15, -0.1) is 0 Å². The smallest absolute Gasteiger partial charge is 0.157 e. The first-order valence-corrected chi connectivity index (χ1v) is 3.02. The second kappa shape index (κ2) is 3.49. The fourth-order valence-electron chi connectivity index (χ4n) is 0.499. The number of aliphatic hydroxyl groups is 2. The Kier molecular flexibility index (Phi) is 3.25. The fourth-order valence-corrected chi connectivity index (χ4v) is 0.499. The minimum absolute atomic E-state index is 0.0509. The molecule has 0 spiro atoms. The number of rotatable bonds is 3. The van der Waals surface area contributed by atoms with Gasteiger partial charge in [-0.1, -0.05) is 6.58 Å². The van der Waals surface area contributed by atoms with Crippen LogP contribution in [0.5, 0.6) is 0 Å². The number of hydrogen-bond donors (Lipinski definition) is 2. The van der Waals surface area contributed by atoms with Gasteiger partial charge in [0.2, 0.25) is 0 Å². The summed E-state index contributed by atoms with van der Waals surface area (Å²) in [6.45, 7) is 6.02. The molecule has 0 fully saturated rings. The molecule has 0 unspecified atom stereocenters. The van der Waals surface area contributed by atoms with Crippen LogP contribution in [0.1, 0.15) is 13.8 Å². The van der Waals surface area contributed by atoms with E-state index in [-0.39, 0.29) is 11.4 Å². The first-order valence-electron chi connectivity index (χ1n) is 3.02. The molecule has 0 aromatic rings. The zero-order valence-corrected chi connectivity index (χ0v) is 6.16. The molecule has 58 valence electrons. The molecule has 0 radical (unpaired) electrons. The second-order valence-corrected chi connectivity index (χ2v) is 2.27. The van der Waals surface area contributed by atoms with E-state index in [1.165, 1.54) is 13.8 Å². The molecule has 0 amide bonds. The molecule has 3 heteroatoms. The maximum atomic E-state index is 10.5. The van der Waals surface area contributed by atoms with Gasteiger partial charge in [0.25, 0.3) is 0 Å². The molecule has 0 aliphatic rings. The van der Waals surface area contributed by atoms with Crippen LogP contribution in [0.4, 0.5) is 0 Å². The van der Waals surface area contributed by atoms with Crippen molar-refractivity contribution < 1.29 is 15.0 Å². The second-order valence-electron chi connectivity index (χ2n) is 2.27. The number of carbonyl (C=O) groups excluding carboxylic acids is 1. The molecule has 2 atom stereocenters. The van der Waals surface area contributed by atoms with Gasteiger partial charge in [0.15, 0.2) is 5.78 Å². The van der Waals surface area contributed by atoms with Crippen LogP contribution >= 0.6 is 0 Å². The number of ketones is 1. The van der Waals surface area contributed by atoms with E-state index in [0.717, 1.165) is 0 Å². The van der Waals surface area contributed by atoms with E-state index >= 15 is 0 Å². The normalized spacial score (nSPS) is 16.0. The predicted octanol–water partition coefficient (Wildman–Crippen LogP) is -0.127. The Bertz CT molecular complexity index is 149. The van der Waals surface area contributed by atoms with E-state index in [2.05, 4.69) is 6.58 Å². The van der Waals surface area contributed by atoms with Crippen LogP contribution in [0.25, 0.3) is 0 Å². The Balaban J connectivity index is 4.08. The summed E-state index contributed by atoms with van der Waals surface area (Å²) in [5.74, 6) is -0.298. The highest BCUT2D eigenvalue weighted by Crippen LogP contribution is 2.04. The van der Waals surface area contributed by atoms with Gasteiger partial charge >= 0.3 is 0 Å². The highest BCUT2D eigenvalue weighted by molar-refractivity contribution is 5.93. The van der Waals surface area contributed by atoms with Gasteiger partial charge in [-0.2, -0.15) is 0 Å². The van der Waals surface area contributed by atoms with Gasteiger partial charge in [0.1, 0.15) is 6.10 Å². The van der Waals surface area contributed by atoms with Crippen LogP contribution in [0.2, 0.25) is 0 Å². The van der Waals surface area contributed by atoms with E-state index in [1.54, 1.807) is 0 Å². The van der Waals surface area contributed by atoms with E-state index in [0.29, 0.717) is 0 Å². The van der Waals surface area contributed by atoms with Crippen molar-refractivity contribution in [2.45, 2.75) is 26.1 Å². The molecule has 0 aromatic heterocycles. The van der Waals surface area contributed by atoms with Crippen molar-refractivity contribution in [2.75, 3.05) is 0 Å². The Morgan fingerprint density at radius 2 is 1.90 bits per heavy atom. The lowest BCUT2D eigenvalue weighted by Gasteiger charge is -2.13. The first-order chi connectivity index (χ1) is 4.46. The Labute approximate surface area is 60.0 Å². The third-order valence-corrected chi connectivity index (χ3v) is 1.27. The molecule has 3 nitrogen and oxygen atoms in total. The summed E-state index contributed by atoms with van der Waals surface area (Å²) >= 11 is 0. The molecule has 2 N–H and O–H groups in total. The van der Waals surface area contributed by atoms with Crippen molar-refractivity contribution in [2.24, 2.45) is 0 Å². The molecule has 0 rings (SSSR count). The summed E-state index contributed by atoms with van der Waals surface area (Å²) in [5.41, 5.74) is 0.0509. The van der Waals surface area contributed by atoms with Gasteiger partial charge < -0.3 is 10.2 Å². The maximum absolute atomic E-state index is 10.5. The average Bonchev–Trinajstić information content (AvgIpc) is 1.84. The molecular weight excluding hydrogens is 132 g/mol. The maximum Gasteiger partial charge on any atom is 0.157 e. The molecule has 0 saturated carbocycles. The van der Waals surface area contributed by atoms with Crippen LogP contribution in [0.15, 0.2) is 12.2 Å². The Morgan fingerprint density at radius 3 is 2.00 bits per heavy atom. The van der Waals surface area contributed by atoms with Gasteiger partial charge in [-0.25, -0.2) is 0 Å². The Hall–Kier alpha value is -0.670. The van der Waals surface area contributed by atoms with Crippen molar-refractivity contribution in [3.05, 3.63) is 12.2 Å². The van der Waals surface area contributed by atoms with Crippen LogP contribution < -0.4 is 0 Å². The number of carbonyl (C=O) groups is 1. The van der Waals surface area contributed by atoms with Crippen molar-refractivity contribution in [3.63, 3.8) is 0 Å². The lowest BCUT2D eigenvalue weighted by atomic mass is 10.0. The van der Waals surface area contributed by atoms with Crippen LogP contribution in [-0.2, 0) is 4.79 Å². The fraction of sp³-hybridized carbons (Fsp3) is 0.571.